The minimum absolute atomic E-state index is 0.154. The maximum absolute atomic E-state index is 13.1. The fraction of sp³-hybridized carbons (Fsp3) is 0. The van der Waals surface area contributed by atoms with Crippen LogP contribution in [0, 0.1) is 0 Å². The van der Waals surface area contributed by atoms with E-state index in [9.17, 15) is 4.79 Å². The van der Waals surface area contributed by atoms with Gasteiger partial charge in [-0.05, 0) is 42.0 Å². The van der Waals surface area contributed by atoms with Crippen LogP contribution in [0.3, 0.4) is 0 Å². The third-order valence-electron chi connectivity index (χ3n) is 3.97. The van der Waals surface area contributed by atoms with Gasteiger partial charge in [0, 0.05) is 22.4 Å². The molecule has 0 fully saturated rings. The summed E-state index contributed by atoms with van der Waals surface area (Å²) < 4.78 is 0.904. The van der Waals surface area contributed by atoms with Crippen LogP contribution >= 0.6 is 15.9 Å². The predicted octanol–water partition coefficient (Wildman–Crippen LogP) is 4.68. The summed E-state index contributed by atoms with van der Waals surface area (Å²) in [5.41, 5.74) is 2.94. The first kappa shape index (κ1) is 16.4. The van der Waals surface area contributed by atoms with Gasteiger partial charge in [-0.25, -0.2) is 4.99 Å². The van der Waals surface area contributed by atoms with Crippen molar-refractivity contribution in [2.45, 2.75) is 0 Å². The Morgan fingerprint density at radius 2 is 1.69 bits per heavy atom. The first-order valence-electron chi connectivity index (χ1n) is 8.08. The van der Waals surface area contributed by atoms with Gasteiger partial charge in [0.1, 0.15) is 11.5 Å². The van der Waals surface area contributed by atoms with E-state index in [-0.39, 0.29) is 5.91 Å². The maximum Gasteiger partial charge on any atom is 0.282 e. The van der Waals surface area contributed by atoms with Gasteiger partial charge in [-0.15, -0.1) is 0 Å². The Morgan fingerprint density at radius 1 is 0.923 bits per heavy atom. The van der Waals surface area contributed by atoms with Crippen LogP contribution in [-0.4, -0.2) is 16.7 Å². The molecule has 0 atom stereocenters. The summed E-state index contributed by atoms with van der Waals surface area (Å²) in [6, 6.07) is 21.0. The molecule has 0 saturated carbocycles. The van der Waals surface area contributed by atoms with Crippen LogP contribution in [-0.2, 0) is 4.79 Å². The summed E-state index contributed by atoms with van der Waals surface area (Å²) in [6.07, 6.45) is 5.17. The Balaban J connectivity index is 1.84. The van der Waals surface area contributed by atoms with Crippen LogP contribution in [0.4, 0.5) is 5.69 Å². The van der Waals surface area contributed by atoms with Crippen molar-refractivity contribution in [2.24, 2.45) is 4.99 Å². The third kappa shape index (κ3) is 3.21. The molecule has 0 bridgehead atoms. The number of anilines is 1. The Labute approximate surface area is 159 Å². The van der Waals surface area contributed by atoms with Gasteiger partial charge in [0.2, 0.25) is 0 Å². The number of rotatable bonds is 3. The zero-order valence-corrected chi connectivity index (χ0v) is 15.3. The van der Waals surface area contributed by atoms with Gasteiger partial charge >= 0.3 is 0 Å². The number of nitrogens with zero attached hydrogens (tertiary/aromatic N) is 3. The zero-order valence-electron chi connectivity index (χ0n) is 13.7. The van der Waals surface area contributed by atoms with Gasteiger partial charge < -0.3 is 0 Å². The number of hydrogen-bond donors (Lipinski definition) is 0. The number of aromatic nitrogens is 1. The van der Waals surface area contributed by atoms with Crippen LogP contribution in [0.25, 0.3) is 6.08 Å². The molecule has 0 N–H and O–H groups in total. The van der Waals surface area contributed by atoms with Gasteiger partial charge in [-0.3, -0.25) is 14.7 Å². The molecule has 1 amide bonds. The van der Waals surface area contributed by atoms with Gasteiger partial charge in [-0.2, -0.15) is 0 Å². The highest BCUT2D eigenvalue weighted by Gasteiger charge is 2.32. The van der Waals surface area contributed by atoms with E-state index in [0.717, 1.165) is 21.3 Å². The molecule has 4 rings (SSSR count). The second-order valence-corrected chi connectivity index (χ2v) is 6.65. The van der Waals surface area contributed by atoms with E-state index < -0.39 is 0 Å². The molecule has 2 heterocycles. The highest BCUT2D eigenvalue weighted by Crippen LogP contribution is 2.29. The molecular weight excluding hydrogens is 390 g/mol. The van der Waals surface area contributed by atoms with Crippen molar-refractivity contribution < 1.29 is 4.79 Å². The molecule has 1 aliphatic heterocycles. The van der Waals surface area contributed by atoms with E-state index >= 15 is 0 Å². The number of pyridine rings is 1. The average molecular weight is 404 g/mol. The number of benzene rings is 2. The number of carbonyl (C=O) groups is 1. The second-order valence-electron chi connectivity index (χ2n) is 5.73. The monoisotopic (exact) mass is 403 g/mol. The standard InChI is InChI=1S/C21H14BrN3O/c22-17-7-4-8-18(14-17)25-20(16-5-2-1-3-6-16)24-19(21(25)26)13-15-9-11-23-12-10-15/h1-14H/b19-13+. The Bertz CT molecular complexity index is 1010. The minimum Gasteiger partial charge on any atom is -0.266 e. The molecule has 1 aliphatic rings. The molecule has 126 valence electrons. The van der Waals surface area contributed by atoms with Gasteiger partial charge in [0.25, 0.3) is 5.91 Å². The van der Waals surface area contributed by atoms with E-state index in [0.29, 0.717) is 11.5 Å². The summed E-state index contributed by atoms with van der Waals surface area (Å²) in [7, 11) is 0. The molecule has 0 aliphatic carbocycles. The lowest BCUT2D eigenvalue weighted by molar-refractivity contribution is -0.113. The zero-order chi connectivity index (χ0) is 17.9. The number of amides is 1. The summed E-state index contributed by atoms with van der Waals surface area (Å²) in [4.78, 5) is 23.4. The molecule has 2 aromatic carbocycles. The quantitative estimate of drug-likeness (QED) is 0.596. The molecule has 0 spiro atoms. The first-order valence-corrected chi connectivity index (χ1v) is 8.87. The highest BCUT2D eigenvalue weighted by atomic mass is 79.9. The van der Waals surface area contributed by atoms with Crippen LogP contribution in [0.15, 0.2) is 94.3 Å². The molecule has 1 aromatic heterocycles. The molecule has 0 radical (unpaired) electrons. The van der Waals surface area contributed by atoms with E-state index in [2.05, 4.69) is 25.9 Å². The van der Waals surface area contributed by atoms with Gasteiger partial charge in [-0.1, -0.05) is 52.3 Å². The SMILES string of the molecule is O=C1/C(=C\c2ccncc2)N=C(c2ccccc2)N1c1cccc(Br)c1. The summed E-state index contributed by atoms with van der Waals surface area (Å²) >= 11 is 3.47. The molecule has 3 aromatic rings. The van der Waals surface area contributed by atoms with E-state index in [1.54, 1.807) is 23.4 Å². The Hall–Kier alpha value is -3.05. The smallest absolute Gasteiger partial charge is 0.266 e. The molecule has 5 heteroatoms. The molecule has 4 nitrogen and oxygen atoms in total. The third-order valence-corrected chi connectivity index (χ3v) is 4.46. The van der Waals surface area contributed by atoms with Crippen LogP contribution in [0.2, 0.25) is 0 Å². The molecule has 26 heavy (non-hydrogen) atoms. The summed E-state index contributed by atoms with van der Waals surface area (Å²) in [5, 5.41) is 0. The predicted molar refractivity (Wildman–Crippen MR) is 107 cm³/mol. The van der Waals surface area contributed by atoms with Crippen molar-refractivity contribution in [2.75, 3.05) is 4.90 Å². The lowest BCUT2D eigenvalue weighted by Crippen LogP contribution is -2.32. The van der Waals surface area contributed by atoms with Crippen molar-refractivity contribution in [3.8, 4) is 0 Å². The summed E-state index contributed by atoms with van der Waals surface area (Å²) in [6.45, 7) is 0. The minimum atomic E-state index is -0.154. The Kier molecular flexibility index (Phi) is 4.46. The summed E-state index contributed by atoms with van der Waals surface area (Å²) in [5.74, 6) is 0.466. The molecule has 0 saturated heterocycles. The number of amidine groups is 1. The second kappa shape index (κ2) is 7.06. The Morgan fingerprint density at radius 3 is 2.42 bits per heavy atom. The van der Waals surface area contributed by atoms with Crippen molar-refractivity contribution in [1.29, 1.82) is 0 Å². The van der Waals surface area contributed by atoms with E-state index in [4.69, 9.17) is 0 Å². The number of carbonyl (C=O) groups excluding carboxylic acids is 1. The van der Waals surface area contributed by atoms with Gasteiger partial charge in [0.05, 0.1) is 5.69 Å². The van der Waals surface area contributed by atoms with E-state index in [1.807, 2.05) is 66.7 Å². The topological polar surface area (TPSA) is 45.6 Å². The largest absolute Gasteiger partial charge is 0.282 e. The van der Waals surface area contributed by atoms with Crippen LogP contribution < -0.4 is 4.90 Å². The number of halogens is 1. The lowest BCUT2D eigenvalue weighted by Gasteiger charge is -2.18. The van der Waals surface area contributed by atoms with Crippen molar-refractivity contribution in [1.82, 2.24) is 4.98 Å². The fourth-order valence-electron chi connectivity index (χ4n) is 2.77. The number of aliphatic imine (C=N–C) groups is 1. The maximum atomic E-state index is 13.1. The number of hydrogen-bond acceptors (Lipinski definition) is 3. The van der Waals surface area contributed by atoms with Gasteiger partial charge in [0.15, 0.2) is 0 Å². The van der Waals surface area contributed by atoms with Crippen molar-refractivity contribution in [3.63, 3.8) is 0 Å². The average Bonchev–Trinajstić information content (AvgIpc) is 3.00. The fourth-order valence-corrected chi connectivity index (χ4v) is 3.16. The molecular formula is C21H14BrN3O. The highest BCUT2D eigenvalue weighted by molar-refractivity contribution is 9.10. The van der Waals surface area contributed by atoms with E-state index in [1.165, 1.54) is 0 Å². The van der Waals surface area contributed by atoms with Crippen molar-refractivity contribution >= 4 is 39.4 Å². The first-order chi connectivity index (χ1) is 12.7. The normalized spacial score (nSPS) is 15.4. The van der Waals surface area contributed by atoms with Crippen LogP contribution in [0.5, 0.6) is 0 Å². The van der Waals surface area contributed by atoms with Crippen molar-refractivity contribution in [3.05, 3.63) is 100 Å². The molecule has 0 unspecified atom stereocenters. The van der Waals surface area contributed by atoms with Crippen LogP contribution in [0.1, 0.15) is 11.1 Å². The lowest BCUT2D eigenvalue weighted by atomic mass is 10.2.